The third-order valence-corrected chi connectivity index (χ3v) is 7.38. The summed E-state index contributed by atoms with van der Waals surface area (Å²) in [7, 11) is -0.631. The number of hydrogen-bond donors (Lipinski definition) is 0. The molecule has 0 amide bonds. The van der Waals surface area contributed by atoms with Gasteiger partial charge in [0.15, 0.2) is 11.5 Å². The molecule has 1 aliphatic heterocycles. The summed E-state index contributed by atoms with van der Waals surface area (Å²) in [6, 6.07) is 12.2. The van der Waals surface area contributed by atoms with Gasteiger partial charge in [-0.1, -0.05) is 11.6 Å². The van der Waals surface area contributed by atoms with Crippen molar-refractivity contribution in [2.24, 2.45) is 0 Å². The van der Waals surface area contributed by atoms with E-state index in [9.17, 15) is 8.42 Å². The van der Waals surface area contributed by atoms with Crippen molar-refractivity contribution >= 4 is 38.2 Å². The minimum Gasteiger partial charge on any atom is -0.493 e. The first-order chi connectivity index (χ1) is 14.4. The van der Waals surface area contributed by atoms with Gasteiger partial charge in [0.2, 0.25) is 10.0 Å². The molecule has 0 radical (unpaired) electrons. The number of ether oxygens (including phenoxy) is 2. The second-order valence-electron chi connectivity index (χ2n) is 6.90. The Kier molecular flexibility index (Phi) is 5.73. The van der Waals surface area contributed by atoms with Crippen LogP contribution < -0.4 is 14.4 Å². The van der Waals surface area contributed by atoms with Crippen molar-refractivity contribution in [2.75, 3.05) is 45.3 Å². The lowest BCUT2D eigenvalue weighted by molar-refractivity contribution is 0.353. The SMILES string of the molecule is COc1ccc(S(=O)(=O)N2CCN(c3ccnc4cc(Cl)ccc34)CC2)cc1OC. The number of anilines is 1. The van der Waals surface area contributed by atoms with Crippen molar-refractivity contribution in [2.45, 2.75) is 4.90 Å². The molecule has 1 saturated heterocycles. The van der Waals surface area contributed by atoms with Gasteiger partial charge >= 0.3 is 0 Å². The van der Waals surface area contributed by atoms with Crippen molar-refractivity contribution in [1.29, 1.82) is 0 Å². The Morgan fingerprint density at radius 1 is 0.933 bits per heavy atom. The molecule has 3 aromatic rings. The Morgan fingerprint density at radius 2 is 1.67 bits per heavy atom. The number of aromatic nitrogens is 1. The summed E-state index contributed by atoms with van der Waals surface area (Å²) in [5.74, 6) is 0.880. The highest BCUT2D eigenvalue weighted by Gasteiger charge is 2.30. The summed E-state index contributed by atoms with van der Waals surface area (Å²) in [5, 5.41) is 1.64. The summed E-state index contributed by atoms with van der Waals surface area (Å²) >= 11 is 6.08. The fraction of sp³-hybridized carbons (Fsp3) is 0.286. The Hall–Kier alpha value is -2.55. The van der Waals surface area contributed by atoms with Crippen molar-refractivity contribution in [3.05, 3.63) is 53.7 Å². The number of pyridine rings is 1. The summed E-state index contributed by atoms with van der Waals surface area (Å²) in [6.07, 6.45) is 1.75. The Balaban J connectivity index is 1.55. The Labute approximate surface area is 180 Å². The smallest absolute Gasteiger partial charge is 0.243 e. The van der Waals surface area contributed by atoms with Crippen LogP contribution in [0.1, 0.15) is 0 Å². The first kappa shape index (κ1) is 20.7. The fourth-order valence-corrected chi connectivity index (χ4v) is 5.28. The van der Waals surface area contributed by atoms with Crippen LogP contribution in [0.3, 0.4) is 0 Å². The number of nitrogens with zero attached hydrogens (tertiary/aromatic N) is 3. The molecule has 2 aromatic carbocycles. The summed E-state index contributed by atoms with van der Waals surface area (Å²) in [6.45, 7) is 1.92. The van der Waals surface area contributed by atoms with E-state index in [0.717, 1.165) is 16.6 Å². The lowest BCUT2D eigenvalue weighted by Gasteiger charge is -2.35. The number of rotatable bonds is 5. The van der Waals surface area contributed by atoms with Crippen LogP contribution in [-0.2, 0) is 10.0 Å². The van der Waals surface area contributed by atoms with Crippen molar-refractivity contribution in [3.8, 4) is 11.5 Å². The molecule has 0 saturated carbocycles. The highest BCUT2D eigenvalue weighted by atomic mass is 35.5. The highest BCUT2D eigenvalue weighted by molar-refractivity contribution is 7.89. The number of fused-ring (bicyclic) bond motifs is 1. The molecular weight excluding hydrogens is 426 g/mol. The topological polar surface area (TPSA) is 72.0 Å². The van der Waals surface area contributed by atoms with E-state index in [1.165, 1.54) is 24.6 Å². The van der Waals surface area contributed by atoms with E-state index in [2.05, 4.69) is 9.88 Å². The summed E-state index contributed by atoms with van der Waals surface area (Å²) in [5.41, 5.74) is 1.85. The van der Waals surface area contributed by atoms with E-state index in [-0.39, 0.29) is 4.90 Å². The minimum atomic E-state index is -3.63. The van der Waals surface area contributed by atoms with E-state index >= 15 is 0 Å². The number of sulfonamides is 1. The zero-order valence-electron chi connectivity index (χ0n) is 16.7. The number of hydrogen-bond acceptors (Lipinski definition) is 6. The maximum atomic E-state index is 13.1. The molecule has 7 nitrogen and oxygen atoms in total. The minimum absolute atomic E-state index is 0.192. The number of piperazine rings is 1. The van der Waals surface area contributed by atoms with E-state index in [0.29, 0.717) is 42.7 Å². The predicted molar refractivity (Wildman–Crippen MR) is 117 cm³/mol. The molecule has 0 spiro atoms. The second-order valence-corrected chi connectivity index (χ2v) is 9.27. The van der Waals surface area contributed by atoms with Gasteiger partial charge in [-0.3, -0.25) is 4.98 Å². The first-order valence-corrected chi connectivity index (χ1v) is 11.3. The molecule has 9 heteroatoms. The standard InChI is InChI=1S/C21H22ClN3O4S/c1-28-20-6-4-16(14-21(20)29-2)30(26,27)25-11-9-24(10-12-25)19-7-8-23-18-13-15(22)3-5-17(18)19/h3-8,13-14H,9-12H2,1-2H3. The lowest BCUT2D eigenvalue weighted by atomic mass is 10.1. The molecule has 2 heterocycles. The summed E-state index contributed by atoms with van der Waals surface area (Å²) in [4.78, 5) is 6.75. The van der Waals surface area contributed by atoms with E-state index in [1.807, 2.05) is 24.3 Å². The third kappa shape index (κ3) is 3.78. The average molecular weight is 448 g/mol. The van der Waals surface area contributed by atoms with E-state index < -0.39 is 10.0 Å². The molecule has 0 N–H and O–H groups in total. The largest absolute Gasteiger partial charge is 0.493 e. The molecule has 0 aliphatic carbocycles. The zero-order valence-corrected chi connectivity index (χ0v) is 18.3. The van der Waals surface area contributed by atoms with Gasteiger partial charge in [0.25, 0.3) is 0 Å². The number of benzene rings is 2. The molecule has 0 atom stereocenters. The van der Waals surface area contributed by atoms with Gasteiger partial charge in [-0.2, -0.15) is 4.31 Å². The van der Waals surface area contributed by atoms with Crippen LogP contribution in [0.5, 0.6) is 11.5 Å². The van der Waals surface area contributed by atoms with Gasteiger partial charge in [0.1, 0.15) is 0 Å². The maximum absolute atomic E-state index is 13.1. The van der Waals surface area contributed by atoms with Gasteiger partial charge in [-0.25, -0.2) is 8.42 Å². The van der Waals surface area contributed by atoms with Crippen LogP contribution in [0.15, 0.2) is 53.6 Å². The van der Waals surface area contributed by atoms with Gasteiger partial charge in [0, 0.05) is 54.5 Å². The fourth-order valence-electron chi connectivity index (χ4n) is 3.68. The quantitative estimate of drug-likeness (QED) is 0.596. The van der Waals surface area contributed by atoms with Crippen LogP contribution in [0, 0.1) is 0 Å². The molecule has 1 aliphatic rings. The zero-order chi connectivity index (χ0) is 21.3. The monoisotopic (exact) mass is 447 g/mol. The summed E-state index contributed by atoms with van der Waals surface area (Å²) < 4.78 is 38.2. The van der Waals surface area contributed by atoms with E-state index in [4.69, 9.17) is 21.1 Å². The van der Waals surface area contributed by atoms with Gasteiger partial charge < -0.3 is 14.4 Å². The Bertz CT molecular complexity index is 1180. The van der Waals surface area contributed by atoms with Gasteiger partial charge in [-0.05, 0) is 36.4 Å². The van der Waals surface area contributed by atoms with Crippen LogP contribution in [0.4, 0.5) is 5.69 Å². The predicted octanol–water partition coefficient (Wildman–Crippen LogP) is 3.42. The van der Waals surface area contributed by atoms with Crippen LogP contribution >= 0.6 is 11.6 Å². The van der Waals surface area contributed by atoms with Crippen LogP contribution in [0.25, 0.3) is 10.9 Å². The highest BCUT2D eigenvalue weighted by Crippen LogP contribution is 2.32. The first-order valence-electron chi connectivity index (χ1n) is 9.45. The lowest BCUT2D eigenvalue weighted by Crippen LogP contribution is -2.48. The third-order valence-electron chi connectivity index (χ3n) is 5.25. The number of halogens is 1. The Morgan fingerprint density at radius 3 is 2.37 bits per heavy atom. The molecule has 1 aromatic heterocycles. The molecule has 0 bridgehead atoms. The normalized spacial score (nSPS) is 15.4. The van der Waals surface area contributed by atoms with E-state index in [1.54, 1.807) is 18.3 Å². The van der Waals surface area contributed by atoms with Gasteiger partial charge in [-0.15, -0.1) is 0 Å². The van der Waals surface area contributed by atoms with Crippen molar-refractivity contribution in [1.82, 2.24) is 9.29 Å². The van der Waals surface area contributed by atoms with Crippen LogP contribution in [-0.4, -0.2) is 58.1 Å². The van der Waals surface area contributed by atoms with Crippen molar-refractivity contribution < 1.29 is 17.9 Å². The van der Waals surface area contributed by atoms with Gasteiger partial charge in [0.05, 0.1) is 24.6 Å². The number of methoxy groups -OCH3 is 2. The molecular formula is C21H22ClN3O4S. The molecule has 158 valence electrons. The second kappa shape index (κ2) is 8.29. The molecule has 1 fully saturated rings. The van der Waals surface area contributed by atoms with Crippen molar-refractivity contribution in [3.63, 3.8) is 0 Å². The molecule has 4 rings (SSSR count). The molecule has 30 heavy (non-hydrogen) atoms. The maximum Gasteiger partial charge on any atom is 0.243 e. The average Bonchev–Trinajstić information content (AvgIpc) is 2.78. The van der Waals surface area contributed by atoms with Crippen LogP contribution in [0.2, 0.25) is 5.02 Å². The molecule has 0 unspecified atom stereocenters.